The first-order valence-corrected chi connectivity index (χ1v) is 30.4. The van der Waals surface area contributed by atoms with Crippen molar-refractivity contribution in [1.29, 1.82) is 0 Å². The maximum absolute atomic E-state index is 2.24. The number of hydrogen-bond donors (Lipinski definition) is 0. The molecule has 0 saturated carbocycles. The molecule has 0 aliphatic heterocycles. The normalized spacial score (nSPS) is 7.19. The van der Waals surface area contributed by atoms with Crippen LogP contribution < -0.4 is 0 Å². The third-order valence-corrected chi connectivity index (χ3v) is 7.37. The highest BCUT2D eigenvalue weighted by atomic mass is 14.2. The van der Waals surface area contributed by atoms with E-state index in [0.717, 1.165) is 0 Å². The van der Waals surface area contributed by atoms with Gasteiger partial charge in [-0.2, -0.15) is 0 Å². The Bertz CT molecular complexity index is 1740. The van der Waals surface area contributed by atoms with Gasteiger partial charge in [-0.25, -0.2) is 0 Å². The molecule has 0 aromatic heterocycles. The summed E-state index contributed by atoms with van der Waals surface area (Å²) in [5.41, 5.74) is 5.59. The van der Waals surface area contributed by atoms with Gasteiger partial charge in [0.2, 0.25) is 0 Å². The molecule has 0 N–H and O–H groups in total. The van der Waals surface area contributed by atoms with Crippen LogP contribution in [0, 0.1) is 0 Å². The van der Waals surface area contributed by atoms with Crippen molar-refractivity contribution in [3.63, 3.8) is 0 Å². The molecule has 1 aliphatic rings. The van der Waals surface area contributed by atoms with Crippen LogP contribution in [0.1, 0.15) is 222 Å². The van der Waals surface area contributed by atoms with Gasteiger partial charge in [0, 0.05) is 0 Å². The molecule has 0 unspecified atom stereocenters. The Labute approximate surface area is 467 Å². The number of benzene rings is 8. The molecule has 0 saturated heterocycles. The molecule has 0 radical (unpaired) electrons. The van der Waals surface area contributed by atoms with Gasteiger partial charge >= 0.3 is 0 Å². The summed E-state index contributed by atoms with van der Waals surface area (Å²) in [5, 5.41) is 7.87. The Morgan fingerprint density at radius 2 is 0.230 bits per heavy atom. The van der Waals surface area contributed by atoms with Crippen molar-refractivity contribution in [3.8, 4) is 22.3 Å². The van der Waals surface area contributed by atoms with E-state index in [4.69, 9.17) is 0 Å². The zero-order chi connectivity index (χ0) is 60.4. The van der Waals surface area contributed by atoms with Gasteiger partial charge in [-0.1, -0.05) is 404 Å². The molecule has 0 heteroatoms. The molecular weight excluding hydrogens is 889 g/mol. The van der Waals surface area contributed by atoms with Crippen LogP contribution in [0.2, 0.25) is 0 Å². The SMILES string of the molecule is CC.CC.CC.CC.CC.CC.CC.CC.CC.CC.CC.CC.CC.CC.CC.CC.c1ccc2c(c1)-c1ccccc1-2.c1ccc2cc3ccccc3cc2c1.c1ccc2ccccc2c1.c1ccccc1. The third kappa shape index (κ3) is 46.3. The van der Waals surface area contributed by atoms with Crippen LogP contribution in [0.15, 0.2) is 194 Å². The summed E-state index contributed by atoms with van der Waals surface area (Å²) in [5.74, 6) is 0. The second-order valence-corrected chi connectivity index (χ2v) is 10.1. The minimum Gasteiger partial charge on any atom is -0.0683 e. The van der Waals surface area contributed by atoms with Crippen LogP contribution in [0.4, 0.5) is 0 Å². The molecule has 0 amide bonds. The second kappa shape index (κ2) is 93.5. The lowest BCUT2D eigenvalue weighted by molar-refractivity contribution is 1.50. The van der Waals surface area contributed by atoms with Crippen LogP contribution in [-0.2, 0) is 0 Å². The average molecular weight is 1020 g/mol. The monoisotopic (exact) mass is 1020 g/mol. The van der Waals surface area contributed by atoms with Crippen molar-refractivity contribution < 1.29 is 0 Å². The predicted octanol–water partition coefficient (Wildman–Crippen LogP) is 28.3. The van der Waals surface area contributed by atoms with E-state index in [9.17, 15) is 0 Å². The van der Waals surface area contributed by atoms with Gasteiger partial charge in [-0.3, -0.25) is 0 Å². The lowest BCUT2D eigenvalue weighted by atomic mass is 9.81. The highest BCUT2D eigenvalue weighted by molar-refractivity contribution is 6.02. The predicted molar refractivity (Wildman–Crippen MR) is 364 cm³/mol. The smallest absolute Gasteiger partial charge is 0.00990 e. The Hall–Kier alpha value is -5.46. The summed E-state index contributed by atoms with van der Waals surface area (Å²) < 4.78 is 0. The molecule has 0 spiro atoms. The van der Waals surface area contributed by atoms with Gasteiger partial charge in [0.05, 0.1) is 0 Å². The van der Waals surface area contributed by atoms with E-state index >= 15 is 0 Å². The van der Waals surface area contributed by atoms with Gasteiger partial charge in [0.1, 0.15) is 0 Å². The van der Waals surface area contributed by atoms with Crippen molar-refractivity contribution in [1.82, 2.24) is 0 Å². The summed E-state index contributed by atoms with van der Waals surface area (Å²) in [6.07, 6.45) is 0. The highest BCUT2D eigenvalue weighted by Gasteiger charge is 2.19. The van der Waals surface area contributed by atoms with Gasteiger partial charge in [-0.05, 0) is 66.7 Å². The number of hydrogen-bond acceptors (Lipinski definition) is 0. The van der Waals surface area contributed by atoms with Crippen LogP contribution in [-0.4, -0.2) is 0 Å². The molecule has 8 aromatic rings. The van der Waals surface area contributed by atoms with Crippen LogP contribution in [0.25, 0.3) is 54.6 Å². The van der Waals surface area contributed by atoms with Crippen LogP contribution in [0.3, 0.4) is 0 Å². The van der Waals surface area contributed by atoms with Crippen molar-refractivity contribution in [3.05, 3.63) is 194 Å². The van der Waals surface area contributed by atoms with E-state index in [0.29, 0.717) is 0 Å². The molecule has 0 fully saturated rings. The Morgan fingerprint density at radius 3 is 0.365 bits per heavy atom. The van der Waals surface area contributed by atoms with E-state index in [2.05, 4.69) is 158 Å². The standard InChI is InChI=1S/C14H10.C12H8.C10H8.C6H6.16C2H6/c1-2-6-12-10-14-8-4-3-7-13(14)9-11(12)5-1;1-2-6-10-9(5-1)11-7-3-4-8-12(10)11;1-2-6-10-8-4-3-7-9(10)5-1;1-2-4-6-5-3-1;16*1-2/h1-10H;1-8H;1-8H;1-6H;16*1-2H3. The summed E-state index contributed by atoms with van der Waals surface area (Å²) in [6.45, 7) is 64.0. The van der Waals surface area contributed by atoms with E-state index in [1.807, 2.05) is 258 Å². The van der Waals surface area contributed by atoms with E-state index in [1.165, 1.54) is 54.6 Å². The van der Waals surface area contributed by atoms with Gasteiger partial charge in [-0.15, -0.1) is 0 Å². The molecule has 0 nitrogen and oxygen atoms in total. The molecule has 9 rings (SSSR count). The van der Waals surface area contributed by atoms with Crippen LogP contribution in [0.5, 0.6) is 0 Å². The van der Waals surface area contributed by atoms with E-state index in [1.54, 1.807) is 0 Å². The Morgan fingerprint density at radius 1 is 0.122 bits per heavy atom. The molecule has 424 valence electrons. The Balaban J connectivity index is -0.0000000682. The zero-order valence-corrected chi connectivity index (χ0v) is 55.5. The molecule has 0 bridgehead atoms. The summed E-state index contributed by atoms with van der Waals surface area (Å²) in [7, 11) is 0. The molecule has 0 heterocycles. The average Bonchev–Trinajstić information content (AvgIpc) is 3.56. The summed E-state index contributed by atoms with van der Waals surface area (Å²) >= 11 is 0. The van der Waals surface area contributed by atoms with E-state index < -0.39 is 0 Å². The minimum absolute atomic E-state index is 1.31. The molecule has 74 heavy (non-hydrogen) atoms. The maximum Gasteiger partial charge on any atom is -0.00990 e. The van der Waals surface area contributed by atoms with E-state index in [-0.39, 0.29) is 0 Å². The quantitative estimate of drug-likeness (QED) is 0.133. The van der Waals surface area contributed by atoms with Gasteiger partial charge in [0.25, 0.3) is 0 Å². The zero-order valence-electron chi connectivity index (χ0n) is 55.5. The summed E-state index contributed by atoms with van der Waals surface area (Å²) in [6, 6.07) is 67.2. The lowest BCUT2D eigenvalue weighted by Gasteiger charge is -2.22. The Kier molecular flexibility index (Phi) is 119. The summed E-state index contributed by atoms with van der Waals surface area (Å²) in [4.78, 5) is 0. The number of fused-ring (bicyclic) bond motifs is 7. The highest BCUT2D eigenvalue weighted by Crippen LogP contribution is 2.46. The molecular formula is C74H128. The largest absolute Gasteiger partial charge is 0.0683 e. The van der Waals surface area contributed by atoms with Crippen molar-refractivity contribution in [2.75, 3.05) is 0 Å². The maximum atomic E-state index is 2.24. The minimum atomic E-state index is 1.31. The fourth-order valence-electron chi connectivity index (χ4n) is 5.24. The number of rotatable bonds is 0. The fourth-order valence-corrected chi connectivity index (χ4v) is 5.24. The van der Waals surface area contributed by atoms with Crippen molar-refractivity contribution >= 4 is 32.3 Å². The first-order valence-electron chi connectivity index (χ1n) is 30.4. The second-order valence-electron chi connectivity index (χ2n) is 10.1. The first-order chi connectivity index (χ1) is 36.9. The fraction of sp³-hybridized carbons (Fsp3) is 0.432. The molecule has 8 aromatic carbocycles. The van der Waals surface area contributed by atoms with Crippen molar-refractivity contribution in [2.45, 2.75) is 222 Å². The third-order valence-electron chi connectivity index (χ3n) is 7.37. The van der Waals surface area contributed by atoms with Gasteiger partial charge in [0.15, 0.2) is 0 Å². The molecule has 0 atom stereocenters. The van der Waals surface area contributed by atoms with Crippen molar-refractivity contribution in [2.24, 2.45) is 0 Å². The van der Waals surface area contributed by atoms with Gasteiger partial charge < -0.3 is 0 Å². The lowest BCUT2D eigenvalue weighted by Crippen LogP contribution is -1.96. The molecule has 1 aliphatic carbocycles. The van der Waals surface area contributed by atoms with Crippen LogP contribution >= 0.6 is 0 Å². The topological polar surface area (TPSA) is 0 Å². The first kappa shape index (κ1) is 94.4.